The highest BCUT2D eigenvalue weighted by atomic mass is 32.2. The lowest BCUT2D eigenvalue weighted by Crippen LogP contribution is -2.43. The molecule has 2 heterocycles. The van der Waals surface area contributed by atoms with E-state index < -0.39 is 10.0 Å². The van der Waals surface area contributed by atoms with Gasteiger partial charge in [0.25, 0.3) is 0 Å². The van der Waals surface area contributed by atoms with Crippen LogP contribution < -0.4 is 9.46 Å². The van der Waals surface area contributed by atoms with Gasteiger partial charge in [0.1, 0.15) is 10.6 Å². The molecule has 2 fully saturated rings. The monoisotopic (exact) mass is 384 g/mol. The lowest BCUT2D eigenvalue weighted by atomic mass is 9.96. The number of hydrogen-bond acceptors (Lipinski definition) is 5. The fourth-order valence-electron chi connectivity index (χ4n) is 3.58. The molecular formula is C18H28N2O3S2. The van der Waals surface area contributed by atoms with Crippen molar-refractivity contribution in [3.05, 3.63) is 24.3 Å². The van der Waals surface area contributed by atoms with E-state index in [4.69, 9.17) is 4.74 Å². The van der Waals surface area contributed by atoms with E-state index in [9.17, 15) is 8.42 Å². The zero-order valence-electron chi connectivity index (χ0n) is 14.8. The van der Waals surface area contributed by atoms with Gasteiger partial charge in [-0.2, -0.15) is 11.8 Å². The molecule has 0 radical (unpaired) electrons. The molecule has 1 atom stereocenters. The summed E-state index contributed by atoms with van der Waals surface area (Å²) in [5.41, 5.74) is 0. The predicted octanol–water partition coefficient (Wildman–Crippen LogP) is 2.58. The van der Waals surface area contributed by atoms with Crippen LogP contribution in [0.3, 0.4) is 0 Å². The van der Waals surface area contributed by atoms with Gasteiger partial charge < -0.3 is 4.74 Å². The van der Waals surface area contributed by atoms with E-state index in [1.165, 1.54) is 17.9 Å². The van der Waals surface area contributed by atoms with Crippen molar-refractivity contribution in [2.75, 3.05) is 37.7 Å². The fraction of sp³-hybridized carbons (Fsp3) is 0.667. The summed E-state index contributed by atoms with van der Waals surface area (Å²) < 4.78 is 33.5. The lowest BCUT2D eigenvalue weighted by Gasteiger charge is -2.35. The van der Waals surface area contributed by atoms with Gasteiger partial charge in [0.15, 0.2) is 0 Å². The summed E-state index contributed by atoms with van der Waals surface area (Å²) in [6, 6.07) is 7.57. The number of ether oxygens (including phenoxy) is 1. The van der Waals surface area contributed by atoms with Gasteiger partial charge in [-0.05, 0) is 63.1 Å². The molecule has 7 heteroatoms. The first-order valence-corrected chi connectivity index (χ1v) is 11.8. The summed E-state index contributed by atoms with van der Waals surface area (Å²) in [6.45, 7) is 4.99. The summed E-state index contributed by atoms with van der Waals surface area (Å²) >= 11 is 2.05. The number of thioether (sulfide) groups is 1. The first kappa shape index (κ1) is 19.0. The number of benzene rings is 1. The lowest BCUT2D eigenvalue weighted by molar-refractivity contribution is 0.145. The molecule has 5 nitrogen and oxygen atoms in total. The number of rotatable bonds is 7. The average molecular weight is 385 g/mol. The van der Waals surface area contributed by atoms with Crippen molar-refractivity contribution in [1.29, 1.82) is 0 Å². The molecule has 25 heavy (non-hydrogen) atoms. The van der Waals surface area contributed by atoms with Crippen LogP contribution in [0, 0.1) is 5.92 Å². The zero-order valence-corrected chi connectivity index (χ0v) is 16.4. The third-order valence-electron chi connectivity index (χ3n) is 5.07. The van der Waals surface area contributed by atoms with E-state index in [1.807, 2.05) is 18.7 Å². The van der Waals surface area contributed by atoms with Crippen molar-refractivity contribution >= 4 is 21.8 Å². The summed E-state index contributed by atoms with van der Waals surface area (Å²) in [5.74, 6) is 3.38. The molecule has 1 unspecified atom stereocenters. The zero-order chi connectivity index (χ0) is 17.7. The smallest absolute Gasteiger partial charge is 0.244 e. The number of para-hydroxylation sites is 1. The maximum Gasteiger partial charge on any atom is 0.244 e. The molecule has 2 aliphatic heterocycles. The van der Waals surface area contributed by atoms with Gasteiger partial charge in [0.2, 0.25) is 10.0 Å². The molecule has 0 aliphatic carbocycles. The Morgan fingerprint density at radius 1 is 1.24 bits per heavy atom. The predicted molar refractivity (Wildman–Crippen MR) is 103 cm³/mol. The van der Waals surface area contributed by atoms with E-state index in [2.05, 4.69) is 9.62 Å². The Bertz CT molecular complexity index is 652. The maximum atomic E-state index is 12.6. The van der Waals surface area contributed by atoms with Crippen molar-refractivity contribution in [3.8, 4) is 5.75 Å². The van der Waals surface area contributed by atoms with Gasteiger partial charge in [-0.1, -0.05) is 12.1 Å². The number of nitrogens with one attached hydrogen (secondary N) is 1. The second-order valence-corrected chi connectivity index (χ2v) is 9.61. The summed E-state index contributed by atoms with van der Waals surface area (Å²) in [4.78, 5) is 2.83. The van der Waals surface area contributed by atoms with E-state index in [0.29, 0.717) is 24.8 Å². The summed E-state index contributed by atoms with van der Waals surface area (Å²) in [5, 5.41) is 0. The minimum Gasteiger partial charge on any atom is -0.492 e. The number of hydrogen-bond donors (Lipinski definition) is 1. The minimum absolute atomic E-state index is 0.234. The molecule has 0 amide bonds. The first-order chi connectivity index (χ1) is 12.1. The first-order valence-electron chi connectivity index (χ1n) is 9.13. The Kier molecular flexibility index (Phi) is 6.66. The second-order valence-electron chi connectivity index (χ2n) is 6.73. The van der Waals surface area contributed by atoms with Crippen molar-refractivity contribution in [1.82, 2.24) is 9.62 Å². The van der Waals surface area contributed by atoms with Gasteiger partial charge >= 0.3 is 0 Å². The summed E-state index contributed by atoms with van der Waals surface area (Å²) in [7, 11) is -3.53. The van der Waals surface area contributed by atoms with Crippen LogP contribution in [-0.2, 0) is 10.0 Å². The molecule has 0 spiro atoms. The van der Waals surface area contributed by atoms with Crippen LogP contribution in [0.4, 0.5) is 0 Å². The highest BCUT2D eigenvalue weighted by molar-refractivity contribution is 7.99. The molecular weight excluding hydrogens is 356 g/mol. The van der Waals surface area contributed by atoms with Crippen molar-refractivity contribution < 1.29 is 13.2 Å². The third-order valence-corrected chi connectivity index (χ3v) is 7.68. The molecule has 0 aromatic heterocycles. The number of nitrogens with zero attached hydrogens (tertiary/aromatic N) is 1. The number of likely N-dealkylation sites (tertiary alicyclic amines) is 1. The Labute approximate surface area is 155 Å². The van der Waals surface area contributed by atoms with E-state index in [0.717, 1.165) is 32.0 Å². The Morgan fingerprint density at radius 3 is 2.68 bits per heavy atom. The molecule has 1 aromatic carbocycles. The molecule has 2 saturated heterocycles. The van der Waals surface area contributed by atoms with Crippen LogP contribution in [0.1, 0.15) is 26.2 Å². The van der Waals surface area contributed by atoms with E-state index >= 15 is 0 Å². The number of piperidine rings is 1. The fourth-order valence-corrected chi connectivity index (χ4v) is 6.10. The standard InChI is InChI=1S/C18H28N2O3S2/c1-2-23-17-5-3-4-6-18(17)25(21,22)19-13-15-7-10-20(11-8-15)16-9-12-24-14-16/h3-6,15-16,19H,2,7-14H2,1H3. The average Bonchev–Trinajstić information content (AvgIpc) is 3.16. The molecule has 1 N–H and O–H groups in total. The van der Waals surface area contributed by atoms with Crippen LogP contribution in [0.25, 0.3) is 0 Å². The molecule has 0 saturated carbocycles. The SMILES string of the molecule is CCOc1ccccc1S(=O)(=O)NCC1CCN(C2CCSC2)CC1. The van der Waals surface area contributed by atoms with Crippen LogP contribution in [-0.4, -0.2) is 57.1 Å². The van der Waals surface area contributed by atoms with Crippen LogP contribution in [0.5, 0.6) is 5.75 Å². The maximum absolute atomic E-state index is 12.6. The van der Waals surface area contributed by atoms with E-state index in [-0.39, 0.29) is 4.90 Å². The quantitative estimate of drug-likeness (QED) is 0.783. The van der Waals surface area contributed by atoms with Crippen molar-refractivity contribution in [2.24, 2.45) is 5.92 Å². The Balaban J connectivity index is 1.53. The molecule has 3 rings (SSSR count). The van der Waals surface area contributed by atoms with Gasteiger partial charge in [0.05, 0.1) is 6.61 Å². The highest BCUT2D eigenvalue weighted by Gasteiger charge is 2.28. The van der Waals surface area contributed by atoms with Gasteiger partial charge in [-0.3, -0.25) is 4.90 Å². The second kappa shape index (κ2) is 8.75. The number of sulfonamides is 1. The van der Waals surface area contributed by atoms with Gasteiger partial charge in [-0.15, -0.1) is 0 Å². The van der Waals surface area contributed by atoms with Crippen molar-refractivity contribution in [3.63, 3.8) is 0 Å². The van der Waals surface area contributed by atoms with Gasteiger partial charge in [-0.25, -0.2) is 13.1 Å². The Hall–Kier alpha value is -0.760. The van der Waals surface area contributed by atoms with Crippen LogP contribution in [0.15, 0.2) is 29.2 Å². The minimum atomic E-state index is -3.53. The van der Waals surface area contributed by atoms with Gasteiger partial charge in [0, 0.05) is 18.3 Å². The Morgan fingerprint density at radius 2 is 2.00 bits per heavy atom. The molecule has 2 aliphatic rings. The molecule has 0 bridgehead atoms. The highest BCUT2D eigenvalue weighted by Crippen LogP contribution is 2.27. The topological polar surface area (TPSA) is 58.6 Å². The van der Waals surface area contributed by atoms with Crippen LogP contribution in [0.2, 0.25) is 0 Å². The largest absolute Gasteiger partial charge is 0.492 e. The van der Waals surface area contributed by atoms with Crippen molar-refractivity contribution in [2.45, 2.75) is 37.1 Å². The third kappa shape index (κ3) is 4.90. The molecule has 140 valence electrons. The van der Waals surface area contributed by atoms with E-state index in [1.54, 1.807) is 24.3 Å². The normalized spacial score (nSPS) is 23.0. The molecule has 1 aromatic rings. The van der Waals surface area contributed by atoms with Crippen LogP contribution >= 0.6 is 11.8 Å². The summed E-state index contributed by atoms with van der Waals surface area (Å²) in [6.07, 6.45) is 3.43.